The van der Waals surface area contributed by atoms with E-state index in [-0.39, 0.29) is 17.4 Å². The number of aliphatic carboxylic acids is 1. The van der Waals surface area contributed by atoms with Gasteiger partial charge in [-0.1, -0.05) is 62.7 Å². The number of hydrogen-bond donors (Lipinski definition) is 2. The number of carbonyl (C=O) groups is 2. The number of fused-ring (bicyclic) bond motifs is 1. The first-order valence-corrected chi connectivity index (χ1v) is 13.8. The molecule has 0 aliphatic heterocycles. The van der Waals surface area contributed by atoms with Gasteiger partial charge in [0.15, 0.2) is 6.10 Å². The van der Waals surface area contributed by atoms with Crippen LogP contribution < -0.4 is 10.1 Å². The minimum atomic E-state index is -1.06. The van der Waals surface area contributed by atoms with Gasteiger partial charge in [-0.2, -0.15) is 0 Å². The number of aryl methyl sites for hydroxylation is 1. The molecule has 4 rings (SSSR count). The highest BCUT2D eigenvalue weighted by atomic mass is 35.5. The lowest BCUT2D eigenvalue weighted by Gasteiger charge is -2.22. The molecule has 3 aromatic carbocycles. The average molecular weight is 561 g/mol. The van der Waals surface area contributed by atoms with E-state index in [2.05, 4.69) is 56.6 Å². The van der Waals surface area contributed by atoms with Crippen LogP contribution in [-0.2, 0) is 16.8 Å². The molecular formula is C33H37ClN2O4. The lowest BCUT2D eigenvalue weighted by molar-refractivity contribution is -0.144. The Hall–Kier alpha value is -3.77. The van der Waals surface area contributed by atoms with E-state index >= 15 is 0 Å². The zero-order chi connectivity index (χ0) is 29.4. The predicted molar refractivity (Wildman–Crippen MR) is 161 cm³/mol. The third-order valence-electron chi connectivity index (χ3n) is 7.49. The fraction of sp³-hybridized carbons (Fsp3) is 0.333. The van der Waals surface area contributed by atoms with Crippen LogP contribution in [0.5, 0.6) is 5.75 Å². The number of halogens is 1. The summed E-state index contributed by atoms with van der Waals surface area (Å²) in [6.07, 6.45) is -1.01. The number of amides is 1. The number of aromatic nitrogens is 1. The Bertz CT molecular complexity index is 1580. The highest BCUT2D eigenvalue weighted by Crippen LogP contribution is 2.31. The van der Waals surface area contributed by atoms with E-state index in [4.69, 9.17) is 16.3 Å². The molecule has 0 fully saturated rings. The number of rotatable bonds is 8. The van der Waals surface area contributed by atoms with Crippen molar-refractivity contribution in [2.45, 2.75) is 72.6 Å². The van der Waals surface area contributed by atoms with Crippen LogP contribution >= 0.6 is 11.6 Å². The molecule has 1 amide bonds. The fourth-order valence-corrected chi connectivity index (χ4v) is 4.95. The lowest BCUT2D eigenvalue weighted by atomic mass is 9.85. The van der Waals surface area contributed by atoms with Crippen molar-refractivity contribution in [1.82, 2.24) is 9.88 Å². The first-order valence-electron chi connectivity index (χ1n) is 13.4. The number of hydrogen-bond acceptors (Lipinski definition) is 3. The topological polar surface area (TPSA) is 80.6 Å². The van der Waals surface area contributed by atoms with Gasteiger partial charge in [-0.05, 0) is 85.7 Å². The number of carbonyl (C=O) groups excluding carboxylic acids is 1. The molecule has 0 aliphatic carbocycles. The van der Waals surface area contributed by atoms with Crippen LogP contribution in [0.3, 0.4) is 0 Å². The number of carboxylic acids is 1. The Kier molecular flexibility index (Phi) is 8.31. The third-order valence-corrected chi connectivity index (χ3v) is 7.80. The van der Waals surface area contributed by atoms with E-state index < -0.39 is 12.1 Å². The van der Waals surface area contributed by atoms with Gasteiger partial charge in [0.1, 0.15) is 5.75 Å². The minimum Gasteiger partial charge on any atom is -0.479 e. The summed E-state index contributed by atoms with van der Waals surface area (Å²) >= 11 is 6.27. The van der Waals surface area contributed by atoms with Gasteiger partial charge in [-0.25, -0.2) is 4.79 Å². The number of benzene rings is 3. The molecule has 0 radical (unpaired) electrons. The van der Waals surface area contributed by atoms with Crippen molar-refractivity contribution < 1.29 is 19.4 Å². The largest absolute Gasteiger partial charge is 0.479 e. The van der Waals surface area contributed by atoms with Crippen molar-refractivity contribution in [3.05, 3.63) is 99.2 Å². The summed E-state index contributed by atoms with van der Waals surface area (Å²) in [7, 11) is 0. The molecule has 40 heavy (non-hydrogen) atoms. The van der Waals surface area contributed by atoms with Gasteiger partial charge in [-0.3, -0.25) is 4.79 Å². The van der Waals surface area contributed by atoms with Gasteiger partial charge in [0.2, 0.25) is 0 Å². The maximum absolute atomic E-state index is 13.3. The van der Waals surface area contributed by atoms with Crippen molar-refractivity contribution in [2.24, 2.45) is 0 Å². The zero-order valence-corrected chi connectivity index (χ0v) is 24.9. The van der Waals surface area contributed by atoms with Crippen LogP contribution in [0, 0.1) is 13.8 Å². The molecule has 1 heterocycles. The number of ether oxygens (including phenoxy) is 1. The highest BCUT2D eigenvalue weighted by Gasteiger charge is 2.19. The van der Waals surface area contributed by atoms with Crippen molar-refractivity contribution in [3.63, 3.8) is 0 Å². The molecular weight excluding hydrogens is 524 g/mol. The number of carboxylic acid groups (broad SMARTS) is 1. The van der Waals surface area contributed by atoms with Crippen molar-refractivity contribution >= 4 is 34.4 Å². The Morgan fingerprint density at radius 3 is 2.42 bits per heavy atom. The van der Waals surface area contributed by atoms with Gasteiger partial charge >= 0.3 is 5.97 Å². The van der Waals surface area contributed by atoms with Gasteiger partial charge in [0.25, 0.3) is 5.91 Å². The highest BCUT2D eigenvalue weighted by molar-refractivity contribution is 6.32. The predicted octanol–water partition coefficient (Wildman–Crippen LogP) is 7.60. The number of nitrogens with zero attached hydrogens (tertiary/aromatic N) is 1. The van der Waals surface area contributed by atoms with Crippen LogP contribution in [0.25, 0.3) is 10.9 Å². The second-order valence-electron chi connectivity index (χ2n) is 11.5. The summed E-state index contributed by atoms with van der Waals surface area (Å²) in [5.74, 6) is -0.842. The summed E-state index contributed by atoms with van der Waals surface area (Å²) < 4.78 is 7.73. The van der Waals surface area contributed by atoms with Crippen molar-refractivity contribution in [2.75, 3.05) is 0 Å². The van der Waals surface area contributed by atoms with E-state index in [0.717, 1.165) is 33.3 Å². The van der Waals surface area contributed by atoms with Crippen LogP contribution in [0.1, 0.15) is 79.0 Å². The second-order valence-corrected chi connectivity index (χ2v) is 11.9. The first-order chi connectivity index (χ1) is 18.8. The van der Waals surface area contributed by atoms with E-state index in [1.54, 1.807) is 12.1 Å². The smallest absolute Gasteiger partial charge is 0.344 e. The molecule has 0 unspecified atom stereocenters. The summed E-state index contributed by atoms with van der Waals surface area (Å²) in [5, 5.41) is 13.7. The Morgan fingerprint density at radius 2 is 1.75 bits per heavy atom. The SMILES string of the molecule is Cc1c(C)n(Cc2ccc(Cl)c(O[C@@H](C)C(=O)O)c2)c2ccc(C(=O)N[C@@H](C)c3cccc(C(C)(C)C)c3)cc12. The van der Waals surface area contributed by atoms with E-state index in [0.29, 0.717) is 22.9 Å². The van der Waals surface area contributed by atoms with E-state index in [9.17, 15) is 14.7 Å². The van der Waals surface area contributed by atoms with Crippen LogP contribution in [0.2, 0.25) is 5.02 Å². The Morgan fingerprint density at radius 1 is 1.02 bits per heavy atom. The molecule has 6 nitrogen and oxygen atoms in total. The molecule has 0 saturated heterocycles. The van der Waals surface area contributed by atoms with Gasteiger partial charge in [-0.15, -0.1) is 0 Å². The minimum absolute atomic E-state index is 0.0326. The van der Waals surface area contributed by atoms with Gasteiger partial charge < -0.3 is 19.7 Å². The van der Waals surface area contributed by atoms with Crippen LogP contribution in [0.4, 0.5) is 0 Å². The maximum Gasteiger partial charge on any atom is 0.344 e. The monoisotopic (exact) mass is 560 g/mol. The summed E-state index contributed by atoms with van der Waals surface area (Å²) in [6.45, 7) is 14.7. The molecule has 7 heteroatoms. The molecule has 0 saturated carbocycles. The van der Waals surface area contributed by atoms with Crippen LogP contribution in [0.15, 0.2) is 60.7 Å². The van der Waals surface area contributed by atoms with Crippen molar-refractivity contribution in [3.8, 4) is 5.75 Å². The third kappa shape index (κ3) is 6.18. The van der Waals surface area contributed by atoms with E-state index in [1.165, 1.54) is 12.5 Å². The molecule has 0 spiro atoms. The Balaban J connectivity index is 1.58. The molecule has 210 valence electrons. The quantitative estimate of drug-likeness (QED) is 0.232. The second kappa shape index (κ2) is 11.4. The molecule has 0 bridgehead atoms. The van der Waals surface area contributed by atoms with Gasteiger partial charge in [0, 0.05) is 28.7 Å². The molecule has 4 aromatic rings. The first kappa shape index (κ1) is 29.2. The standard InChI is InChI=1S/C33H37ClN2O4/c1-19-21(3)36(18-23-11-13-28(34)30(15-23)40-22(4)32(38)39)29-14-12-25(17-27(19)29)31(37)35-20(2)24-9-8-10-26(16-24)33(5,6)7/h8-17,20,22H,18H2,1-7H3,(H,35,37)(H,38,39)/t20-,22-/m0/s1. The summed E-state index contributed by atoms with van der Waals surface area (Å²) in [5.41, 5.74) is 7.05. The fourth-order valence-electron chi connectivity index (χ4n) is 4.79. The summed E-state index contributed by atoms with van der Waals surface area (Å²) in [6, 6.07) is 19.4. The Labute approximate surface area is 240 Å². The van der Waals surface area contributed by atoms with E-state index in [1.807, 2.05) is 43.3 Å². The van der Waals surface area contributed by atoms with Gasteiger partial charge in [0.05, 0.1) is 11.1 Å². The number of nitrogens with one attached hydrogen (secondary N) is 1. The zero-order valence-electron chi connectivity index (χ0n) is 24.1. The molecule has 2 N–H and O–H groups in total. The molecule has 0 aliphatic rings. The molecule has 1 aromatic heterocycles. The average Bonchev–Trinajstić information content (AvgIpc) is 3.14. The maximum atomic E-state index is 13.3. The molecule has 2 atom stereocenters. The summed E-state index contributed by atoms with van der Waals surface area (Å²) in [4.78, 5) is 24.5. The lowest BCUT2D eigenvalue weighted by Crippen LogP contribution is -2.27. The van der Waals surface area contributed by atoms with Crippen molar-refractivity contribution in [1.29, 1.82) is 0 Å². The van der Waals surface area contributed by atoms with Crippen LogP contribution in [-0.4, -0.2) is 27.7 Å². The normalized spacial score (nSPS) is 13.2.